The normalized spacial score (nSPS) is 13.4. The highest BCUT2D eigenvalue weighted by Gasteiger charge is 2.19. The Morgan fingerprint density at radius 1 is 1.33 bits per heavy atom. The average Bonchev–Trinajstić information content (AvgIpc) is 2.83. The molecule has 0 fully saturated rings. The number of aromatic nitrogens is 2. The Labute approximate surface area is 114 Å². The molecule has 1 unspecified atom stereocenters. The summed E-state index contributed by atoms with van der Waals surface area (Å²) in [6.45, 7) is 1.79. The largest absolute Gasteiger partial charge is 0.284 e. The van der Waals surface area contributed by atoms with Gasteiger partial charge in [0.05, 0.1) is 6.20 Å². The van der Waals surface area contributed by atoms with Crippen molar-refractivity contribution in [2.24, 2.45) is 0 Å². The Kier molecular flexibility index (Phi) is 3.84. The summed E-state index contributed by atoms with van der Waals surface area (Å²) in [5.41, 5.74) is 0.894. The summed E-state index contributed by atoms with van der Waals surface area (Å²) in [5, 5.41) is 6.11. The fraction of sp³-hybridized carbons (Fsp3) is 0.182. The zero-order valence-electron chi connectivity index (χ0n) is 9.59. The topological polar surface area (TPSA) is 74.8 Å². The van der Waals surface area contributed by atoms with Crippen LogP contribution in [0.25, 0.3) is 0 Å². The van der Waals surface area contributed by atoms with Gasteiger partial charge in [-0.2, -0.15) is 5.10 Å². The third kappa shape index (κ3) is 2.98. The highest BCUT2D eigenvalue weighted by Crippen LogP contribution is 2.18. The molecule has 0 spiro atoms. The number of hydrogen-bond acceptors (Lipinski definition) is 3. The lowest BCUT2D eigenvalue weighted by Gasteiger charge is -2.13. The number of benzene rings is 1. The quantitative estimate of drug-likeness (QED) is 0.903. The molecule has 5 nitrogen and oxygen atoms in total. The van der Waals surface area contributed by atoms with Crippen molar-refractivity contribution in [2.75, 3.05) is 0 Å². The van der Waals surface area contributed by atoms with Gasteiger partial charge in [-0.05, 0) is 24.6 Å². The molecule has 1 aromatic heterocycles. The van der Waals surface area contributed by atoms with E-state index in [1.54, 1.807) is 6.92 Å². The van der Waals surface area contributed by atoms with Gasteiger partial charge >= 0.3 is 0 Å². The van der Waals surface area contributed by atoms with E-state index in [1.165, 1.54) is 12.4 Å². The fourth-order valence-corrected chi connectivity index (χ4v) is 2.91. The minimum Gasteiger partial charge on any atom is -0.284 e. The molecule has 2 aromatic rings. The molecule has 2 N–H and O–H groups in total. The van der Waals surface area contributed by atoms with Gasteiger partial charge in [0, 0.05) is 16.7 Å². The second-order valence-electron chi connectivity index (χ2n) is 3.83. The molecule has 2 rings (SSSR count). The van der Waals surface area contributed by atoms with E-state index in [1.807, 2.05) is 24.3 Å². The number of nitrogens with zero attached hydrogens (tertiary/aromatic N) is 1. The Bertz CT molecular complexity index is 608. The summed E-state index contributed by atoms with van der Waals surface area (Å²) in [6, 6.07) is 7.17. The smallest absolute Gasteiger partial charge is 0.244 e. The number of halogens is 1. The predicted octanol–water partition coefficient (Wildman–Crippen LogP) is 2.21. The lowest BCUT2D eigenvalue weighted by Crippen LogP contribution is -2.26. The maximum absolute atomic E-state index is 12.0. The monoisotopic (exact) mass is 329 g/mol. The first-order chi connectivity index (χ1) is 8.49. The van der Waals surface area contributed by atoms with Crippen molar-refractivity contribution in [1.29, 1.82) is 0 Å². The first kappa shape index (κ1) is 13.3. The predicted molar refractivity (Wildman–Crippen MR) is 71.5 cm³/mol. The van der Waals surface area contributed by atoms with Crippen LogP contribution >= 0.6 is 15.9 Å². The Hall–Kier alpha value is -1.18. The van der Waals surface area contributed by atoms with Crippen LogP contribution in [-0.4, -0.2) is 18.6 Å². The summed E-state index contributed by atoms with van der Waals surface area (Å²) in [6.07, 6.45) is 2.62. The maximum atomic E-state index is 12.0. The Balaban J connectivity index is 2.17. The summed E-state index contributed by atoms with van der Waals surface area (Å²) in [7, 11) is -3.53. The standard InChI is InChI=1S/C11H12BrN3O2S/c1-8(9-2-4-10(12)5-3-9)15-18(16,17)11-6-13-14-7-11/h2-8,15H,1H3,(H,13,14). The third-order valence-electron chi connectivity index (χ3n) is 2.49. The van der Waals surface area contributed by atoms with E-state index in [2.05, 4.69) is 30.8 Å². The van der Waals surface area contributed by atoms with Gasteiger partial charge in [-0.15, -0.1) is 0 Å². The van der Waals surface area contributed by atoms with Gasteiger partial charge in [0.15, 0.2) is 0 Å². The maximum Gasteiger partial charge on any atom is 0.244 e. The second kappa shape index (κ2) is 5.21. The molecular weight excluding hydrogens is 318 g/mol. The van der Waals surface area contributed by atoms with E-state index in [-0.39, 0.29) is 10.9 Å². The summed E-state index contributed by atoms with van der Waals surface area (Å²) in [4.78, 5) is 0.131. The van der Waals surface area contributed by atoms with Crippen LogP contribution in [-0.2, 0) is 10.0 Å². The minimum atomic E-state index is -3.53. The van der Waals surface area contributed by atoms with Crippen LogP contribution in [0.15, 0.2) is 46.0 Å². The number of rotatable bonds is 4. The summed E-state index contributed by atoms with van der Waals surface area (Å²) >= 11 is 3.34. The molecule has 96 valence electrons. The molecule has 1 heterocycles. The van der Waals surface area contributed by atoms with Crippen molar-refractivity contribution in [3.8, 4) is 0 Å². The van der Waals surface area contributed by atoms with E-state index in [4.69, 9.17) is 0 Å². The number of H-pyrrole nitrogens is 1. The Morgan fingerprint density at radius 3 is 2.56 bits per heavy atom. The molecule has 0 saturated carbocycles. The molecule has 18 heavy (non-hydrogen) atoms. The first-order valence-electron chi connectivity index (χ1n) is 5.25. The SMILES string of the molecule is CC(NS(=O)(=O)c1cn[nH]c1)c1ccc(Br)cc1. The van der Waals surface area contributed by atoms with Gasteiger partial charge in [-0.25, -0.2) is 13.1 Å². The van der Waals surface area contributed by atoms with Crippen molar-refractivity contribution in [2.45, 2.75) is 17.9 Å². The highest BCUT2D eigenvalue weighted by molar-refractivity contribution is 9.10. The van der Waals surface area contributed by atoms with Crippen molar-refractivity contribution in [1.82, 2.24) is 14.9 Å². The molecule has 7 heteroatoms. The fourth-order valence-electron chi connectivity index (χ4n) is 1.51. The molecule has 0 bridgehead atoms. The minimum absolute atomic E-state index is 0.131. The van der Waals surface area contributed by atoms with E-state index < -0.39 is 10.0 Å². The molecule has 0 aliphatic carbocycles. The summed E-state index contributed by atoms with van der Waals surface area (Å²) < 4.78 is 27.5. The Morgan fingerprint density at radius 2 is 2.00 bits per heavy atom. The number of aromatic amines is 1. The van der Waals surface area contributed by atoms with Crippen LogP contribution in [0.2, 0.25) is 0 Å². The molecule has 0 saturated heterocycles. The van der Waals surface area contributed by atoms with Gasteiger partial charge in [0.25, 0.3) is 0 Å². The zero-order chi connectivity index (χ0) is 13.2. The molecule has 0 amide bonds. The zero-order valence-corrected chi connectivity index (χ0v) is 12.0. The van der Waals surface area contributed by atoms with Crippen LogP contribution in [0.3, 0.4) is 0 Å². The van der Waals surface area contributed by atoms with Gasteiger partial charge < -0.3 is 0 Å². The summed E-state index contributed by atoms with van der Waals surface area (Å²) in [5.74, 6) is 0. The number of nitrogens with one attached hydrogen (secondary N) is 2. The molecule has 0 aliphatic rings. The van der Waals surface area contributed by atoms with Crippen LogP contribution < -0.4 is 4.72 Å². The van der Waals surface area contributed by atoms with E-state index in [0.717, 1.165) is 10.0 Å². The third-order valence-corrected chi connectivity index (χ3v) is 4.52. The molecule has 0 aliphatic heterocycles. The first-order valence-corrected chi connectivity index (χ1v) is 7.53. The molecule has 1 aromatic carbocycles. The lowest BCUT2D eigenvalue weighted by atomic mass is 10.1. The van der Waals surface area contributed by atoms with Crippen LogP contribution in [0.1, 0.15) is 18.5 Å². The molecule has 0 radical (unpaired) electrons. The van der Waals surface area contributed by atoms with Crippen molar-refractivity contribution in [3.63, 3.8) is 0 Å². The second-order valence-corrected chi connectivity index (χ2v) is 6.46. The molecule has 1 atom stereocenters. The van der Waals surface area contributed by atoms with Crippen LogP contribution in [0.4, 0.5) is 0 Å². The lowest BCUT2D eigenvalue weighted by molar-refractivity contribution is 0.567. The number of sulfonamides is 1. The van der Waals surface area contributed by atoms with Crippen LogP contribution in [0, 0.1) is 0 Å². The van der Waals surface area contributed by atoms with Gasteiger partial charge in [-0.1, -0.05) is 28.1 Å². The van der Waals surface area contributed by atoms with Crippen molar-refractivity contribution in [3.05, 3.63) is 46.7 Å². The van der Waals surface area contributed by atoms with Crippen LogP contribution in [0.5, 0.6) is 0 Å². The van der Waals surface area contributed by atoms with E-state index in [9.17, 15) is 8.42 Å². The van der Waals surface area contributed by atoms with E-state index >= 15 is 0 Å². The van der Waals surface area contributed by atoms with Gasteiger partial charge in [0.2, 0.25) is 10.0 Å². The highest BCUT2D eigenvalue weighted by atomic mass is 79.9. The number of hydrogen-bond donors (Lipinski definition) is 2. The molecular formula is C11H12BrN3O2S. The van der Waals surface area contributed by atoms with Gasteiger partial charge in [0.1, 0.15) is 4.90 Å². The van der Waals surface area contributed by atoms with E-state index in [0.29, 0.717) is 0 Å². The van der Waals surface area contributed by atoms with Gasteiger partial charge in [-0.3, -0.25) is 5.10 Å². The van der Waals surface area contributed by atoms with Crippen molar-refractivity contribution < 1.29 is 8.42 Å². The van der Waals surface area contributed by atoms with Crippen molar-refractivity contribution >= 4 is 26.0 Å². The average molecular weight is 330 g/mol.